The molecule has 4 rings (SSSR count). The molecule has 0 saturated heterocycles. The topological polar surface area (TPSA) is 80.9 Å². The number of nitrogens with zero attached hydrogens (tertiary/aromatic N) is 3. The maximum absolute atomic E-state index is 12.3. The molecule has 0 atom stereocenters. The molecule has 0 aliphatic heterocycles. The predicted octanol–water partition coefficient (Wildman–Crippen LogP) is 4.48. The van der Waals surface area contributed by atoms with Crippen LogP contribution in [0.3, 0.4) is 0 Å². The molecule has 3 aromatic heterocycles. The Morgan fingerprint density at radius 2 is 2.00 bits per heavy atom. The van der Waals surface area contributed by atoms with Crippen LogP contribution in [-0.2, 0) is 0 Å². The Bertz CT molecular complexity index is 1010. The number of carbonyl (C=O) groups excluding carboxylic acids is 1. The van der Waals surface area contributed by atoms with Gasteiger partial charge in [0.15, 0.2) is 5.13 Å². The number of benzene rings is 1. The summed E-state index contributed by atoms with van der Waals surface area (Å²) in [5.74, 6) is 0.751. The highest BCUT2D eigenvalue weighted by Crippen LogP contribution is 2.37. The van der Waals surface area contributed by atoms with Crippen molar-refractivity contribution in [3.8, 4) is 22.0 Å². The second-order valence-corrected chi connectivity index (χ2v) is 6.95. The third kappa shape index (κ3) is 3.21. The third-order valence-electron chi connectivity index (χ3n) is 3.41. The fourth-order valence-corrected chi connectivity index (χ4v) is 3.82. The van der Waals surface area contributed by atoms with E-state index in [1.54, 1.807) is 18.4 Å². The molecule has 124 valence electrons. The molecule has 1 amide bonds. The second kappa shape index (κ2) is 6.58. The maximum Gasteiger partial charge on any atom is 0.258 e. The van der Waals surface area contributed by atoms with Crippen molar-refractivity contribution in [1.82, 2.24) is 15.1 Å². The molecule has 6 nitrogen and oxygen atoms in total. The Labute approximate surface area is 151 Å². The molecule has 0 spiro atoms. The number of nitrogens with one attached hydrogen (secondary N) is 1. The lowest BCUT2D eigenvalue weighted by Gasteiger charge is -1.99. The fourth-order valence-electron chi connectivity index (χ4n) is 2.27. The third-order valence-corrected chi connectivity index (χ3v) is 5.06. The van der Waals surface area contributed by atoms with E-state index < -0.39 is 0 Å². The van der Waals surface area contributed by atoms with Crippen LogP contribution in [0, 0.1) is 6.92 Å². The van der Waals surface area contributed by atoms with Gasteiger partial charge in [-0.15, -0.1) is 0 Å². The highest BCUT2D eigenvalue weighted by atomic mass is 32.1. The normalized spacial score (nSPS) is 10.8. The van der Waals surface area contributed by atoms with Crippen LogP contribution in [0.4, 0.5) is 5.13 Å². The van der Waals surface area contributed by atoms with Gasteiger partial charge in [0.2, 0.25) is 11.7 Å². The molecule has 0 unspecified atom stereocenters. The van der Waals surface area contributed by atoms with E-state index in [9.17, 15) is 4.79 Å². The number of aromatic nitrogens is 3. The molecule has 0 radical (unpaired) electrons. The summed E-state index contributed by atoms with van der Waals surface area (Å²) >= 11 is 2.79. The van der Waals surface area contributed by atoms with Crippen LogP contribution < -0.4 is 5.32 Å². The van der Waals surface area contributed by atoms with Crippen molar-refractivity contribution in [1.29, 1.82) is 0 Å². The Morgan fingerprint density at radius 3 is 2.68 bits per heavy atom. The minimum atomic E-state index is -0.189. The molecule has 0 aliphatic rings. The van der Waals surface area contributed by atoms with Gasteiger partial charge in [0.05, 0.1) is 11.3 Å². The van der Waals surface area contributed by atoms with Crippen LogP contribution >= 0.6 is 22.7 Å². The van der Waals surface area contributed by atoms with Gasteiger partial charge in [0.25, 0.3) is 5.91 Å². The Balaban J connectivity index is 1.74. The van der Waals surface area contributed by atoms with E-state index in [0.29, 0.717) is 28.1 Å². The lowest BCUT2D eigenvalue weighted by atomic mass is 10.1. The van der Waals surface area contributed by atoms with E-state index in [0.717, 1.165) is 10.4 Å². The molecule has 4 aromatic rings. The summed E-state index contributed by atoms with van der Waals surface area (Å²) in [6, 6.07) is 11.5. The number of thiazole rings is 1. The largest absolute Gasteiger partial charge is 0.339 e. The maximum atomic E-state index is 12.3. The molecule has 0 fully saturated rings. The zero-order chi connectivity index (χ0) is 17.2. The van der Waals surface area contributed by atoms with Crippen molar-refractivity contribution in [2.75, 3.05) is 5.32 Å². The van der Waals surface area contributed by atoms with Crippen LogP contribution in [-0.4, -0.2) is 21.0 Å². The van der Waals surface area contributed by atoms with Crippen molar-refractivity contribution in [3.05, 3.63) is 58.6 Å². The van der Waals surface area contributed by atoms with Crippen molar-refractivity contribution < 1.29 is 9.32 Å². The summed E-state index contributed by atoms with van der Waals surface area (Å²) in [4.78, 5) is 21.9. The highest BCUT2D eigenvalue weighted by Gasteiger charge is 2.20. The molecular weight excluding hydrogens is 356 g/mol. The number of amides is 1. The molecule has 0 bridgehead atoms. The van der Waals surface area contributed by atoms with Crippen molar-refractivity contribution in [2.24, 2.45) is 0 Å². The number of hydrogen-bond acceptors (Lipinski definition) is 7. The van der Waals surface area contributed by atoms with Crippen molar-refractivity contribution >= 4 is 33.7 Å². The van der Waals surface area contributed by atoms with E-state index >= 15 is 0 Å². The fraction of sp³-hybridized carbons (Fsp3) is 0.0588. The summed E-state index contributed by atoms with van der Waals surface area (Å²) in [5, 5.41) is 11.0. The standard InChI is InChI=1S/C17H12N4O2S2/c1-10-18-15(21-23-10)14-13(11-5-3-2-4-6-11)19-17(25-14)20-16(22)12-7-8-24-9-12/h2-9H,1H3,(H,19,20,22). The average molecular weight is 368 g/mol. The number of carbonyl (C=O) groups is 1. The molecule has 8 heteroatoms. The quantitative estimate of drug-likeness (QED) is 0.574. The zero-order valence-electron chi connectivity index (χ0n) is 13.1. The Kier molecular flexibility index (Phi) is 4.12. The van der Waals surface area contributed by atoms with Crippen molar-refractivity contribution in [3.63, 3.8) is 0 Å². The van der Waals surface area contributed by atoms with E-state index in [4.69, 9.17) is 4.52 Å². The summed E-state index contributed by atoms with van der Waals surface area (Å²) in [6.07, 6.45) is 0. The second-order valence-electron chi connectivity index (χ2n) is 5.17. The smallest absolute Gasteiger partial charge is 0.258 e. The van der Waals surface area contributed by atoms with Crippen LogP contribution in [0.1, 0.15) is 16.2 Å². The molecule has 0 aliphatic carbocycles. The summed E-state index contributed by atoms with van der Waals surface area (Å²) in [7, 11) is 0. The van der Waals surface area contributed by atoms with Gasteiger partial charge in [-0.3, -0.25) is 10.1 Å². The van der Waals surface area contributed by atoms with E-state index in [1.165, 1.54) is 22.7 Å². The van der Waals surface area contributed by atoms with E-state index in [2.05, 4.69) is 20.4 Å². The van der Waals surface area contributed by atoms with Gasteiger partial charge in [-0.25, -0.2) is 4.98 Å². The average Bonchev–Trinajstić information content (AvgIpc) is 3.35. The van der Waals surface area contributed by atoms with E-state index in [1.807, 2.05) is 35.7 Å². The lowest BCUT2D eigenvalue weighted by Crippen LogP contribution is -2.10. The first kappa shape index (κ1) is 15.7. The molecule has 25 heavy (non-hydrogen) atoms. The van der Waals surface area contributed by atoms with Crippen LogP contribution in [0.5, 0.6) is 0 Å². The van der Waals surface area contributed by atoms with Gasteiger partial charge in [0, 0.05) is 17.9 Å². The number of aryl methyl sites for hydroxylation is 1. The van der Waals surface area contributed by atoms with Crippen LogP contribution in [0.25, 0.3) is 22.0 Å². The Hall–Kier alpha value is -2.84. The molecule has 3 heterocycles. The van der Waals surface area contributed by atoms with Gasteiger partial charge in [-0.2, -0.15) is 16.3 Å². The van der Waals surface area contributed by atoms with Crippen LogP contribution in [0.15, 0.2) is 51.7 Å². The van der Waals surface area contributed by atoms with Gasteiger partial charge in [-0.1, -0.05) is 46.8 Å². The van der Waals surface area contributed by atoms with Gasteiger partial charge < -0.3 is 4.52 Å². The van der Waals surface area contributed by atoms with Gasteiger partial charge in [-0.05, 0) is 11.4 Å². The first-order valence-electron chi connectivity index (χ1n) is 7.41. The SMILES string of the molecule is Cc1nc(-c2sc(NC(=O)c3ccsc3)nc2-c2ccccc2)no1. The summed E-state index contributed by atoms with van der Waals surface area (Å²) < 4.78 is 5.09. The van der Waals surface area contributed by atoms with Crippen LogP contribution in [0.2, 0.25) is 0 Å². The van der Waals surface area contributed by atoms with E-state index in [-0.39, 0.29) is 5.91 Å². The first-order valence-corrected chi connectivity index (χ1v) is 9.17. The molecule has 1 aromatic carbocycles. The number of rotatable bonds is 4. The summed E-state index contributed by atoms with van der Waals surface area (Å²) in [6.45, 7) is 1.74. The van der Waals surface area contributed by atoms with Gasteiger partial charge >= 0.3 is 0 Å². The highest BCUT2D eigenvalue weighted by molar-refractivity contribution is 7.19. The monoisotopic (exact) mass is 368 g/mol. The predicted molar refractivity (Wildman–Crippen MR) is 97.9 cm³/mol. The molecule has 1 N–H and O–H groups in total. The number of hydrogen-bond donors (Lipinski definition) is 1. The number of thiophene rings is 1. The lowest BCUT2D eigenvalue weighted by molar-refractivity contribution is 0.102. The van der Waals surface area contributed by atoms with Gasteiger partial charge in [0.1, 0.15) is 4.88 Å². The Morgan fingerprint density at radius 1 is 1.16 bits per heavy atom. The first-order chi connectivity index (χ1) is 12.2. The van der Waals surface area contributed by atoms with Crippen molar-refractivity contribution in [2.45, 2.75) is 6.92 Å². The molecular formula is C17H12N4O2S2. The minimum Gasteiger partial charge on any atom is -0.339 e. The number of anilines is 1. The molecule has 0 saturated carbocycles. The zero-order valence-corrected chi connectivity index (χ0v) is 14.7. The minimum absolute atomic E-state index is 0.189. The summed E-state index contributed by atoms with van der Waals surface area (Å²) in [5.41, 5.74) is 2.25.